The number of amides is 1. The molecule has 1 aromatic carbocycles. The molecule has 144 valence electrons. The number of Topliss-reactive ketones (excluding diaryl/α,β-unsaturated/α-hetero) is 1. The smallest absolute Gasteiger partial charge is 0.340 e. The Kier molecular flexibility index (Phi) is 6.90. The molecule has 0 saturated carbocycles. The van der Waals surface area contributed by atoms with E-state index in [2.05, 4.69) is 10.3 Å². The van der Waals surface area contributed by atoms with Crippen molar-refractivity contribution >= 4 is 17.7 Å². The third-order valence-corrected chi connectivity index (χ3v) is 3.96. The number of ketones is 1. The maximum absolute atomic E-state index is 12.8. The Balaban J connectivity index is 2.50. The van der Waals surface area contributed by atoms with Crippen molar-refractivity contribution in [3.05, 3.63) is 47.3 Å². The average Bonchev–Trinajstić information content (AvgIpc) is 2.99. The Morgan fingerprint density at radius 1 is 1.19 bits per heavy atom. The first-order chi connectivity index (χ1) is 12.9. The molecule has 0 spiro atoms. The largest absolute Gasteiger partial charge is 0.462 e. The molecule has 0 bridgehead atoms. The number of benzene rings is 1. The Morgan fingerprint density at radius 2 is 1.85 bits per heavy atom. The van der Waals surface area contributed by atoms with Crippen LogP contribution in [0.5, 0.6) is 0 Å². The standard InChI is InChI=1S/C20H24N2O5/c1-5-27-20(25)15-13(3)22-17(16(15)14-9-7-6-8-10-14)18(23)19(24)21-12(2)11-26-4/h6-10,12,22H,5,11H2,1-4H3,(H,21,24)/t12-/m1/s1. The highest BCUT2D eigenvalue weighted by molar-refractivity contribution is 6.44. The Bertz CT molecular complexity index is 826. The third-order valence-electron chi connectivity index (χ3n) is 3.96. The van der Waals surface area contributed by atoms with Gasteiger partial charge in [0.1, 0.15) is 5.69 Å². The quantitative estimate of drug-likeness (QED) is 0.421. The summed E-state index contributed by atoms with van der Waals surface area (Å²) in [6.45, 7) is 5.59. The van der Waals surface area contributed by atoms with Crippen molar-refractivity contribution in [2.24, 2.45) is 0 Å². The van der Waals surface area contributed by atoms with E-state index in [0.29, 0.717) is 16.8 Å². The van der Waals surface area contributed by atoms with Crippen LogP contribution in [-0.2, 0) is 14.3 Å². The predicted octanol–water partition coefficient (Wildman–Crippen LogP) is 2.50. The average molecular weight is 372 g/mol. The molecule has 1 amide bonds. The lowest BCUT2D eigenvalue weighted by atomic mass is 9.98. The summed E-state index contributed by atoms with van der Waals surface area (Å²) in [6, 6.07) is 8.63. The van der Waals surface area contributed by atoms with Crippen molar-refractivity contribution < 1.29 is 23.9 Å². The predicted molar refractivity (Wildman–Crippen MR) is 101 cm³/mol. The van der Waals surface area contributed by atoms with Gasteiger partial charge in [0, 0.05) is 24.4 Å². The van der Waals surface area contributed by atoms with Crippen molar-refractivity contribution in [3.63, 3.8) is 0 Å². The minimum Gasteiger partial charge on any atom is -0.462 e. The molecule has 0 aliphatic carbocycles. The molecule has 1 atom stereocenters. The number of hydrogen-bond acceptors (Lipinski definition) is 5. The zero-order chi connectivity index (χ0) is 20.0. The molecule has 2 N–H and O–H groups in total. The van der Waals surface area contributed by atoms with Gasteiger partial charge in [-0.05, 0) is 26.3 Å². The van der Waals surface area contributed by atoms with E-state index >= 15 is 0 Å². The van der Waals surface area contributed by atoms with Gasteiger partial charge >= 0.3 is 5.97 Å². The minimum absolute atomic E-state index is 0.0591. The highest BCUT2D eigenvalue weighted by atomic mass is 16.5. The summed E-state index contributed by atoms with van der Waals surface area (Å²) >= 11 is 0. The van der Waals surface area contributed by atoms with Crippen LogP contribution in [0.25, 0.3) is 11.1 Å². The van der Waals surface area contributed by atoms with Gasteiger partial charge in [-0.3, -0.25) is 9.59 Å². The molecule has 0 aliphatic heterocycles. The van der Waals surface area contributed by atoms with Crippen molar-refractivity contribution in [2.75, 3.05) is 20.3 Å². The number of nitrogens with one attached hydrogen (secondary N) is 2. The highest BCUT2D eigenvalue weighted by Crippen LogP contribution is 2.31. The number of aromatic nitrogens is 1. The van der Waals surface area contributed by atoms with E-state index in [-0.39, 0.29) is 30.5 Å². The summed E-state index contributed by atoms with van der Waals surface area (Å²) in [7, 11) is 1.51. The first-order valence-electron chi connectivity index (χ1n) is 8.69. The molecule has 0 unspecified atom stereocenters. The summed E-state index contributed by atoms with van der Waals surface area (Å²) in [5.41, 5.74) is 1.79. The molecule has 1 aromatic heterocycles. The van der Waals surface area contributed by atoms with Gasteiger partial charge in [0.2, 0.25) is 0 Å². The van der Waals surface area contributed by atoms with Crippen LogP contribution in [0, 0.1) is 6.92 Å². The molecule has 2 rings (SSSR count). The lowest BCUT2D eigenvalue weighted by molar-refractivity contribution is -0.117. The van der Waals surface area contributed by atoms with Gasteiger partial charge < -0.3 is 19.8 Å². The molecular weight excluding hydrogens is 348 g/mol. The summed E-state index contributed by atoms with van der Waals surface area (Å²) in [5.74, 6) is -2.07. The van der Waals surface area contributed by atoms with Crippen LogP contribution in [0.4, 0.5) is 0 Å². The number of ether oxygens (including phenoxy) is 2. The SMILES string of the molecule is CCOC(=O)c1c(C)[nH]c(C(=O)C(=O)N[C@H](C)COC)c1-c1ccccc1. The number of aromatic amines is 1. The number of carbonyl (C=O) groups excluding carboxylic acids is 3. The van der Waals surface area contributed by atoms with Crippen LogP contribution in [0.3, 0.4) is 0 Å². The van der Waals surface area contributed by atoms with Gasteiger partial charge in [0.15, 0.2) is 0 Å². The maximum Gasteiger partial charge on any atom is 0.340 e. The summed E-state index contributed by atoms with van der Waals surface area (Å²) < 4.78 is 10.1. The molecule has 27 heavy (non-hydrogen) atoms. The molecule has 2 aromatic rings. The van der Waals surface area contributed by atoms with E-state index in [4.69, 9.17) is 9.47 Å². The second-order valence-electron chi connectivity index (χ2n) is 6.12. The number of methoxy groups -OCH3 is 1. The van der Waals surface area contributed by atoms with E-state index in [1.807, 2.05) is 6.07 Å². The molecule has 7 heteroatoms. The fourth-order valence-corrected chi connectivity index (χ4v) is 2.84. The van der Waals surface area contributed by atoms with Crippen molar-refractivity contribution in [3.8, 4) is 11.1 Å². The van der Waals surface area contributed by atoms with E-state index in [0.717, 1.165) is 0 Å². The first-order valence-corrected chi connectivity index (χ1v) is 8.69. The lowest BCUT2D eigenvalue weighted by Gasteiger charge is -2.12. The fourth-order valence-electron chi connectivity index (χ4n) is 2.84. The second kappa shape index (κ2) is 9.14. The maximum atomic E-state index is 12.8. The van der Waals surface area contributed by atoms with E-state index in [1.165, 1.54) is 7.11 Å². The summed E-state index contributed by atoms with van der Waals surface area (Å²) in [5, 5.41) is 2.59. The molecule has 0 radical (unpaired) electrons. The summed E-state index contributed by atoms with van der Waals surface area (Å²) in [4.78, 5) is 40.5. The molecular formula is C20H24N2O5. The zero-order valence-corrected chi connectivity index (χ0v) is 15.9. The molecule has 0 saturated heterocycles. The monoisotopic (exact) mass is 372 g/mol. The van der Waals surface area contributed by atoms with E-state index < -0.39 is 17.7 Å². The normalized spacial score (nSPS) is 11.7. The van der Waals surface area contributed by atoms with Crippen LogP contribution < -0.4 is 5.32 Å². The highest BCUT2D eigenvalue weighted by Gasteiger charge is 2.30. The lowest BCUT2D eigenvalue weighted by Crippen LogP contribution is -2.40. The number of hydrogen-bond donors (Lipinski definition) is 2. The number of esters is 1. The number of rotatable bonds is 8. The zero-order valence-electron chi connectivity index (χ0n) is 15.9. The van der Waals surface area contributed by atoms with Gasteiger partial charge in [-0.1, -0.05) is 30.3 Å². The minimum atomic E-state index is -0.770. The second-order valence-corrected chi connectivity index (χ2v) is 6.12. The van der Waals surface area contributed by atoms with Gasteiger partial charge in [-0.25, -0.2) is 4.79 Å². The van der Waals surface area contributed by atoms with E-state index in [9.17, 15) is 14.4 Å². The Hall–Kier alpha value is -2.93. The number of carbonyl (C=O) groups is 3. The molecule has 7 nitrogen and oxygen atoms in total. The van der Waals surface area contributed by atoms with Crippen LogP contribution in [0.2, 0.25) is 0 Å². The van der Waals surface area contributed by atoms with Crippen LogP contribution in [0.1, 0.15) is 40.4 Å². The fraction of sp³-hybridized carbons (Fsp3) is 0.350. The Labute approximate surface area is 158 Å². The topological polar surface area (TPSA) is 97.5 Å². The van der Waals surface area contributed by atoms with Gasteiger partial charge in [-0.2, -0.15) is 0 Å². The summed E-state index contributed by atoms with van der Waals surface area (Å²) in [6.07, 6.45) is 0. The molecule has 0 aliphatic rings. The van der Waals surface area contributed by atoms with E-state index in [1.54, 1.807) is 45.0 Å². The van der Waals surface area contributed by atoms with Crippen LogP contribution in [0.15, 0.2) is 30.3 Å². The first kappa shape index (κ1) is 20.4. The number of H-pyrrole nitrogens is 1. The van der Waals surface area contributed by atoms with Crippen molar-refractivity contribution in [1.29, 1.82) is 0 Å². The van der Waals surface area contributed by atoms with Gasteiger partial charge in [0.25, 0.3) is 11.7 Å². The van der Waals surface area contributed by atoms with Crippen molar-refractivity contribution in [1.82, 2.24) is 10.3 Å². The van der Waals surface area contributed by atoms with Gasteiger partial charge in [0.05, 0.1) is 18.8 Å². The molecule has 1 heterocycles. The van der Waals surface area contributed by atoms with Gasteiger partial charge in [-0.15, -0.1) is 0 Å². The van der Waals surface area contributed by atoms with Crippen LogP contribution >= 0.6 is 0 Å². The van der Waals surface area contributed by atoms with Crippen molar-refractivity contribution in [2.45, 2.75) is 26.8 Å². The Morgan fingerprint density at radius 3 is 2.44 bits per heavy atom. The van der Waals surface area contributed by atoms with Crippen LogP contribution in [-0.4, -0.2) is 49.0 Å². The molecule has 0 fully saturated rings. The number of aryl methyl sites for hydroxylation is 1. The third kappa shape index (κ3) is 4.62.